The zero-order valence-corrected chi connectivity index (χ0v) is 14.3. The van der Waals surface area contributed by atoms with Crippen molar-refractivity contribution in [1.29, 1.82) is 0 Å². The molecule has 0 fully saturated rings. The van der Waals surface area contributed by atoms with Gasteiger partial charge in [0.2, 0.25) is 0 Å². The monoisotopic (exact) mass is 369 g/mol. The van der Waals surface area contributed by atoms with Gasteiger partial charge in [0.15, 0.2) is 0 Å². The smallest absolute Gasteiger partial charge is 0.269 e. The van der Waals surface area contributed by atoms with E-state index in [1.54, 1.807) is 18.3 Å². The lowest BCUT2D eigenvalue weighted by atomic mass is 10.2. The fraction of sp³-hybridized carbons (Fsp3) is 0.333. The second kappa shape index (κ2) is 7.09. The predicted molar refractivity (Wildman–Crippen MR) is 90.1 cm³/mol. The van der Waals surface area contributed by atoms with Crippen LogP contribution in [0, 0.1) is 5.92 Å². The van der Waals surface area contributed by atoms with Crippen molar-refractivity contribution < 1.29 is 0 Å². The van der Waals surface area contributed by atoms with Crippen LogP contribution in [0.1, 0.15) is 19.4 Å². The zero-order valence-electron chi connectivity index (χ0n) is 11.9. The molecule has 2 rings (SSSR count). The summed E-state index contributed by atoms with van der Waals surface area (Å²) in [5.74, 6) is 0.508. The molecule has 0 amide bonds. The van der Waals surface area contributed by atoms with E-state index in [1.807, 2.05) is 12.1 Å². The van der Waals surface area contributed by atoms with Crippen molar-refractivity contribution in [3.63, 3.8) is 0 Å². The molecule has 1 heterocycles. The molecule has 0 aliphatic heterocycles. The minimum absolute atomic E-state index is 0.150. The minimum Gasteiger partial charge on any atom is -0.383 e. The van der Waals surface area contributed by atoms with E-state index in [0.717, 1.165) is 22.3 Å². The molecule has 6 heteroatoms. The van der Waals surface area contributed by atoms with E-state index in [2.05, 4.69) is 40.2 Å². The number of anilines is 1. The molecule has 0 spiro atoms. The second-order valence-corrected chi connectivity index (χ2v) is 6.57. The summed E-state index contributed by atoms with van der Waals surface area (Å²) in [6.45, 7) is 5.38. The minimum atomic E-state index is -0.150. The Labute approximate surface area is 137 Å². The number of aromatic nitrogens is 2. The first-order valence-electron chi connectivity index (χ1n) is 6.70. The lowest BCUT2D eigenvalue weighted by Crippen LogP contribution is -2.23. The molecule has 0 radical (unpaired) electrons. The van der Waals surface area contributed by atoms with E-state index in [4.69, 9.17) is 11.6 Å². The Bertz CT molecular complexity index is 685. The van der Waals surface area contributed by atoms with Crippen LogP contribution in [0.4, 0.5) is 5.69 Å². The maximum Gasteiger partial charge on any atom is 0.269 e. The summed E-state index contributed by atoms with van der Waals surface area (Å²) in [6, 6.07) is 7.14. The average molecular weight is 371 g/mol. The SMILES string of the molecule is CC(C)CNc1cnn(Cc2ccc(Br)cc2Cl)c(=O)c1. The van der Waals surface area contributed by atoms with Gasteiger partial charge in [0.25, 0.3) is 5.56 Å². The molecule has 0 bridgehead atoms. The van der Waals surface area contributed by atoms with Crippen molar-refractivity contribution in [3.8, 4) is 0 Å². The van der Waals surface area contributed by atoms with Gasteiger partial charge in [-0.1, -0.05) is 47.4 Å². The molecule has 1 aromatic carbocycles. The van der Waals surface area contributed by atoms with E-state index in [-0.39, 0.29) is 5.56 Å². The third-order valence-corrected chi connectivity index (χ3v) is 3.76. The molecule has 0 atom stereocenters. The van der Waals surface area contributed by atoms with E-state index < -0.39 is 0 Å². The maximum absolute atomic E-state index is 12.1. The first-order valence-corrected chi connectivity index (χ1v) is 7.88. The Hall–Kier alpha value is -1.33. The zero-order chi connectivity index (χ0) is 15.4. The number of hydrogen-bond donors (Lipinski definition) is 1. The van der Waals surface area contributed by atoms with Crippen LogP contribution in [-0.4, -0.2) is 16.3 Å². The van der Waals surface area contributed by atoms with Crippen LogP contribution in [-0.2, 0) is 6.54 Å². The maximum atomic E-state index is 12.1. The van der Waals surface area contributed by atoms with Crippen LogP contribution >= 0.6 is 27.5 Å². The van der Waals surface area contributed by atoms with E-state index >= 15 is 0 Å². The largest absolute Gasteiger partial charge is 0.383 e. The van der Waals surface area contributed by atoms with Gasteiger partial charge in [-0.15, -0.1) is 0 Å². The first-order chi connectivity index (χ1) is 9.95. The lowest BCUT2D eigenvalue weighted by molar-refractivity contribution is 0.637. The molecule has 0 aliphatic carbocycles. The number of benzene rings is 1. The number of rotatable bonds is 5. The van der Waals surface area contributed by atoms with Crippen molar-refractivity contribution in [1.82, 2.24) is 9.78 Å². The molecule has 0 unspecified atom stereocenters. The number of nitrogens with zero attached hydrogens (tertiary/aromatic N) is 2. The number of nitrogens with one attached hydrogen (secondary N) is 1. The quantitative estimate of drug-likeness (QED) is 0.871. The molecule has 1 N–H and O–H groups in total. The van der Waals surface area contributed by atoms with Crippen LogP contribution in [0.15, 0.2) is 39.7 Å². The van der Waals surface area contributed by atoms with Gasteiger partial charge in [-0.05, 0) is 23.6 Å². The average Bonchev–Trinajstić information content (AvgIpc) is 2.42. The molecule has 2 aromatic rings. The highest BCUT2D eigenvalue weighted by molar-refractivity contribution is 9.10. The summed E-state index contributed by atoms with van der Waals surface area (Å²) in [5.41, 5.74) is 1.45. The van der Waals surface area contributed by atoms with Crippen LogP contribution in [0.3, 0.4) is 0 Å². The normalized spacial score (nSPS) is 10.9. The predicted octanol–water partition coefficient (Wildman–Crippen LogP) is 3.78. The van der Waals surface area contributed by atoms with Crippen LogP contribution in [0.25, 0.3) is 0 Å². The molecular weight excluding hydrogens is 354 g/mol. The third-order valence-electron chi connectivity index (χ3n) is 2.92. The van der Waals surface area contributed by atoms with Crippen LogP contribution in [0.2, 0.25) is 5.02 Å². The summed E-state index contributed by atoms with van der Waals surface area (Å²) in [7, 11) is 0. The van der Waals surface area contributed by atoms with Gasteiger partial charge in [0, 0.05) is 22.1 Å². The van der Waals surface area contributed by atoms with E-state index in [9.17, 15) is 4.79 Å². The summed E-state index contributed by atoms with van der Waals surface area (Å²) >= 11 is 9.52. The van der Waals surface area contributed by atoms with E-state index in [1.165, 1.54) is 4.68 Å². The second-order valence-electron chi connectivity index (χ2n) is 5.25. The summed E-state index contributed by atoms with van der Waals surface area (Å²) in [4.78, 5) is 12.1. The first kappa shape index (κ1) is 16.0. The highest BCUT2D eigenvalue weighted by atomic mass is 79.9. The molecule has 21 heavy (non-hydrogen) atoms. The molecule has 112 valence electrons. The Kier molecular flexibility index (Phi) is 5.42. The third kappa shape index (κ3) is 4.58. The topological polar surface area (TPSA) is 46.9 Å². The van der Waals surface area contributed by atoms with Gasteiger partial charge in [-0.2, -0.15) is 5.10 Å². The van der Waals surface area contributed by atoms with Gasteiger partial charge in [0.1, 0.15) is 0 Å². The highest BCUT2D eigenvalue weighted by Gasteiger charge is 2.05. The molecule has 0 saturated heterocycles. The van der Waals surface area contributed by atoms with Crippen molar-refractivity contribution in [2.24, 2.45) is 5.92 Å². The van der Waals surface area contributed by atoms with Crippen molar-refractivity contribution >= 4 is 33.2 Å². The van der Waals surface area contributed by atoms with Gasteiger partial charge < -0.3 is 5.32 Å². The highest BCUT2D eigenvalue weighted by Crippen LogP contribution is 2.21. The number of hydrogen-bond acceptors (Lipinski definition) is 3. The van der Waals surface area contributed by atoms with Crippen molar-refractivity contribution in [2.75, 3.05) is 11.9 Å². The molecule has 0 aliphatic rings. The van der Waals surface area contributed by atoms with Crippen molar-refractivity contribution in [2.45, 2.75) is 20.4 Å². The van der Waals surface area contributed by atoms with Gasteiger partial charge in [0.05, 0.1) is 18.4 Å². The standard InChI is InChI=1S/C15H17BrClN3O/c1-10(2)7-18-13-6-15(21)20(19-8-13)9-11-3-4-12(16)5-14(11)17/h3-6,8,10,18H,7,9H2,1-2H3. The Morgan fingerprint density at radius 1 is 1.38 bits per heavy atom. The summed E-state index contributed by atoms with van der Waals surface area (Å²) in [6.07, 6.45) is 1.66. The van der Waals surface area contributed by atoms with Crippen LogP contribution in [0.5, 0.6) is 0 Å². The lowest BCUT2D eigenvalue weighted by Gasteiger charge is -2.10. The molecule has 4 nitrogen and oxygen atoms in total. The van der Waals surface area contributed by atoms with E-state index in [0.29, 0.717) is 17.5 Å². The molecular formula is C15H17BrClN3O. The van der Waals surface area contributed by atoms with Gasteiger partial charge >= 0.3 is 0 Å². The summed E-state index contributed by atoms with van der Waals surface area (Å²) in [5, 5.41) is 7.98. The molecule has 1 aromatic heterocycles. The summed E-state index contributed by atoms with van der Waals surface area (Å²) < 4.78 is 2.31. The van der Waals surface area contributed by atoms with Crippen LogP contribution < -0.4 is 10.9 Å². The van der Waals surface area contributed by atoms with Gasteiger partial charge in [-0.25, -0.2) is 4.68 Å². The Balaban J connectivity index is 2.16. The fourth-order valence-corrected chi connectivity index (χ4v) is 2.52. The van der Waals surface area contributed by atoms with Gasteiger partial charge in [-0.3, -0.25) is 4.79 Å². The molecule has 0 saturated carbocycles. The Morgan fingerprint density at radius 3 is 2.76 bits per heavy atom. The van der Waals surface area contributed by atoms with Crippen molar-refractivity contribution in [3.05, 3.63) is 55.9 Å². The fourth-order valence-electron chi connectivity index (χ4n) is 1.78. The Morgan fingerprint density at radius 2 is 2.14 bits per heavy atom. The number of halogens is 2.